The maximum atomic E-state index is 12.6. The number of rotatable bonds is 2. The molecule has 116 valence electrons. The first kappa shape index (κ1) is 15.9. The Morgan fingerprint density at radius 1 is 1.17 bits per heavy atom. The molecule has 1 N–H and O–H groups in total. The molecule has 1 aromatic heterocycles. The first-order valence-corrected chi connectivity index (χ1v) is 8.37. The van der Waals surface area contributed by atoms with Gasteiger partial charge >= 0.3 is 6.03 Å². The molecule has 4 amide bonds. The van der Waals surface area contributed by atoms with Crippen LogP contribution in [-0.4, -0.2) is 17.8 Å². The smallest absolute Gasteiger partial charge is 0.273 e. The van der Waals surface area contributed by atoms with Gasteiger partial charge in [-0.1, -0.05) is 33.6 Å². The van der Waals surface area contributed by atoms with Gasteiger partial charge in [0.1, 0.15) is 5.57 Å². The minimum absolute atomic E-state index is 0.122. The molecule has 5 nitrogen and oxygen atoms in total. The van der Waals surface area contributed by atoms with E-state index in [2.05, 4.69) is 21.2 Å². The monoisotopic (exact) mass is 410 g/mol. The number of amides is 4. The summed E-state index contributed by atoms with van der Waals surface area (Å²) in [6.07, 6.45) is 1.42. The highest BCUT2D eigenvalue weighted by molar-refractivity contribution is 9.10. The third kappa shape index (κ3) is 3.21. The van der Waals surface area contributed by atoms with E-state index in [1.807, 2.05) is 0 Å². The van der Waals surface area contributed by atoms with Crippen molar-refractivity contribution < 1.29 is 14.4 Å². The van der Waals surface area contributed by atoms with Crippen LogP contribution in [0.3, 0.4) is 0 Å². The van der Waals surface area contributed by atoms with Crippen molar-refractivity contribution in [1.29, 1.82) is 0 Å². The molecule has 3 rings (SSSR count). The van der Waals surface area contributed by atoms with Crippen molar-refractivity contribution in [2.75, 3.05) is 4.90 Å². The van der Waals surface area contributed by atoms with E-state index in [-0.39, 0.29) is 5.57 Å². The van der Waals surface area contributed by atoms with Crippen molar-refractivity contribution in [3.63, 3.8) is 0 Å². The Balaban J connectivity index is 2.02. The van der Waals surface area contributed by atoms with Gasteiger partial charge in [-0.05, 0) is 36.4 Å². The van der Waals surface area contributed by atoms with Crippen LogP contribution < -0.4 is 10.2 Å². The van der Waals surface area contributed by atoms with E-state index in [1.165, 1.54) is 17.4 Å². The summed E-state index contributed by atoms with van der Waals surface area (Å²) in [5.74, 6) is -1.41. The predicted molar refractivity (Wildman–Crippen MR) is 92.5 cm³/mol. The number of thiophene rings is 1. The average molecular weight is 412 g/mol. The third-order valence-electron chi connectivity index (χ3n) is 3.05. The van der Waals surface area contributed by atoms with Crippen LogP contribution in [0.5, 0.6) is 0 Å². The standard InChI is InChI=1S/C15H8BrClN2O3S/c16-8-2-1-3-9(6-8)19-14(21)11(13(20)18-15(19)22)7-10-4-5-12(17)23-10/h1-7H,(H,18,20,22)/b11-7+. The van der Waals surface area contributed by atoms with Crippen LogP contribution >= 0.6 is 38.9 Å². The van der Waals surface area contributed by atoms with Crippen LogP contribution in [0.15, 0.2) is 46.4 Å². The van der Waals surface area contributed by atoms with Crippen molar-refractivity contribution in [3.05, 3.63) is 55.7 Å². The fourth-order valence-electron chi connectivity index (χ4n) is 2.06. The van der Waals surface area contributed by atoms with Gasteiger partial charge in [0, 0.05) is 9.35 Å². The second kappa shape index (κ2) is 6.27. The molecule has 2 aromatic rings. The first-order chi connectivity index (χ1) is 11.0. The van der Waals surface area contributed by atoms with Crippen molar-refractivity contribution in [3.8, 4) is 0 Å². The highest BCUT2D eigenvalue weighted by Gasteiger charge is 2.36. The van der Waals surface area contributed by atoms with Crippen LogP contribution in [0.1, 0.15) is 4.88 Å². The number of carbonyl (C=O) groups is 3. The number of nitrogens with one attached hydrogen (secondary N) is 1. The van der Waals surface area contributed by atoms with Gasteiger partial charge in [0.05, 0.1) is 10.0 Å². The molecule has 1 aliphatic heterocycles. The van der Waals surface area contributed by atoms with E-state index in [0.717, 1.165) is 4.90 Å². The molecule has 1 aromatic carbocycles. The van der Waals surface area contributed by atoms with Crippen molar-refractivity contribution in [2.45, 2.75) is 0 Å². The minimum atomic E-state index is -0.778. The number of imide groups is 2. The predicted octanol–water partition coefficient (Wildman–Crippen LogP) is 3.83. The Bertz CT molecular complexity index is 862. The Hall–Kier alpha value is -1.96. The molecule has 0 saturated carbocycles. The Morgan fingerprint density at radius 2 is 1.96 bits per heavy atom. The van der Waals surface area contributed by atoms with E-state index < -0.39 is 17.8 Å². The molecule has 8 heteroatoms. The molecule has 23 heavy (non-hydrogen) atoms. The molecule has 0 aliphatic carbocycles. The zero-order chi connectivity index (χ0) is 16.6. The number of urea groups is 1. The Morgan fingerprint density at radius 3 is 2.61 bits per heavy atom. The molecule has 0 spiro atoms. The number of benzene rings is 1. The molecule has 0 bridgehead atoms. The lowest BCUT2D eigenvalue weighted by Crippen LogP contribution is -2.54. The van der Waals surface area contributed by atoms with Crippen LogP contribution in [0.4, 0.5) is 10.5 Å². The van der Waals surface area contributed by atoms with Crippen LogP contribution in [-0.2, 0) is 9.59 Å². The third-order valence-corrected chi connectivity index (χ3v) is 4.72. The molecule has 1 fully saturated rings. The number of halogens is 2. The fourth-order valence-corrected chi connectivity index (χ4v) is 3.45. The van der Waals surface area contributed by atoms with Gasteiger partial charge in [0.2, 0.25) is 0 Å². The van der Waals surface area contributed by atoms with E-state index in [1.54, 1.807) is 36.4 Å². The number of barbiturate groups is 1. The van der Waals surface area contributed by atoms with Gasteiger partial charge in [-0.3, -0.25) is 14.9 Å². The van der Waals surface area contributed by atoms with Gasteiger partial charge < -0.3 is 0 Å². The highest BCUT2D eigenvalue weighted by Crippen LogP contribution is 2.27. The first-order valence-electron chi connectivity index (χ1n) is 6.38. The fraction of sp³-hybridized carbons (Fsp3) is 0. The van der Waals surface area contributed by atoms with Crippen molar-refractivity contribution in [1.82, 2.24) is 5.32 Å². The van der Waals surface area contributed by atoms with Gasteiger partial charge in [-0.2, -0.15) is 0 Å². The molecule has 0 radical (unpaired) electrons. The zero-order valence-electron chi connectivity index (χ0n) is 11.4. The van der Waals surface area contributed by atoms with Crippen molar-refractivity contribution in [2.24, 2.45) is 0 Å². The maximum Gasteiger partial charge on any atom is 0.335 e. The molecular weight excluding hydrogens is 404 g/mol. The van der Waals surface area contributed by atoms with Gasteiger partial charge in [0.25, 0.3) is 11.8 Å². The average Bonchev–Trinajstić information content (AvgIpc) is 2.89. The van der Waals surface area contributed by atoms with Crippen LogP contribution in [0, 0.1) is 0 Å². The van der Waals surface area contributed by atoms with Crippen LogP contribution in [0.2, 0.25) is 4.34 Å². The van der Waals surface area contributed by atoms with Gasteiger partial charge in [-0.25, -0.2) is 9.69 Å². The summed E-state index contributed by atoms with van der Waals surface area (Å²) in [6.45, 7) is 0. The highest BCUT2D eigenvalue weighted by atomic mass is 79.9. The van der Waals surface area contributed by atoms with E-state index in [4.69, 9.17) is 11.6 Å². The van der Waals surface area contributed by atoms with E-state index in [0.29, 0.717) is 19.4 Å². The summed E-state index contributed by atoms with van der Waals surface area (Å²) in [5, 5.41) is 2.17. The lowest BCUT2D eigenvalue weighted by molar-refractivity contribution is -0.122. The summed E-state index contributed by atoms with van der Waals surface area (Å²) >= 11 is 10.4. The second-order valence-electron chi connectivity index (χ2n) is 4.58. The maximum absolute atomic E-state index is 12.6. The quantitative estimate of drug-likeness (QED) is 0.603. The van der Waals surface area contributed by atoms with Gasteiger partial charge in [0.15, 0.2) is 0 Å². The zero-order valence-corrected chi connectivity index (χ0v) is 14.5. The molecule has 1 aliphatic rings. The van der Waals surface area contributed by atoms with Crippen LogP contribution in [0.25, 0.3) is 6.08 Å². The van der Waals surface area contributed by atoms with E-state index in [9.17, 15) is 14.4 Å². The Labute approximate surface area is 148 Å². The summed E-state index contributed by atoms with van der Waals surface area (Å²) in [7, 11) is 0. The largest absolute Gasteiger partial charge is 0.335 e. The summed E-state index contributed by atoms with van der Waals surface area (Å²) in [5.41, 5.74) is 0.243. The molecule has 0 unspecified atom stereocenters. The number of anilines is 1. The number of nitrogens with zero attached hydrogens (tertiary/aromatic N) is 1. The van der Waals surface area contributed by atoms with E-state index >= 15 is 0 Å². The summed E-state index contributed by atoms with van der Waals surface area (Å²) in [4.78, 5) is 38.2. The topological polar surface area (TPSA) is 66.5 Å². The Kier molecular flexibility index (Phi) is 4.34. The van der Waals surface area contributed by atoms with Crippen molar-refractivity contribution >= 4 is 68.5 Å². The van der Waals surface area contributed by atoms with Gasteiger partial charge in [-0.15, -0.1) is 11.3 Å². The lowest BCUT2D eigenvalue weighted by Gasteiger charge is -2.26. The molecule has 1 saturated heterocycles. The normalized spacial score (nSPS) is 16.9. The SMILES string of the molecule is O=C1NC(=O)N(c2cccc(Br)c2)C(=O)/C1=C/c1ccc(Cl)s1. The summed E-state index contributed by atoms with van der Waals surface area (Å²) < 4.78 is 1.25. The molecule has 2 heterocycles. The molecular formula is C15H8BrClN2O3S. The lowest BCUT2D eigenvalue weighted by atomic mass is 10.1. The second-order valence-corrected chi connectivity index (χ2v) is 7.24. The summed E-state index contributed by atoms with van der Waals surface area (Å²) in [6, 6.07) is 9.27. The number of hydrogen-bond acceptors (Lipinski definition) is 4. The minimum Gasteiger partial charge on any atom is -0.273 e. The number of carbonyl (C=O) groups excluding carboxylic acids is 3. The number of hydrogen-bond donors (Lipinski definition) is 1. The molecule has 0 atom stereocenters.